The van der Waals surface area contributed by atoms with E-state index in [-0.39, 0.29) is 40.8 Å². The number of rotatable bonds is 10. The Morgan fingerprint density at radius 1 is 0.333 bits per heavy atom. The summed E-state index contributed by atoms with van der Waals surface area (Å²) in [6, 6.07) is 26.5. The molecule has 9 aromatic rings. The second kappa shape index (κ2) is 23.7. The summed E-state index contributed by atoms with van der Waals surface area (Å²) in [7, 11) is 0. The SMILES string of the molecule is CCC1=C(C)c2cc3[n-]c(c(C)c3CC)c(-c3cccc4c3oc3c(-c5c6nc(cc7[n-]c(cc8nc(cc9[n-]c5c(C)c9CC)C(C)=C8CC)c(CC)c7C)C(CC)=C6C)cccc34)c3nc(cc4[n-]c(cc1n2)c(CC)c4C)C(CC)=C3C.[Pd+2].[Pd+2]. The van der Waals surface area contributed by atoms with Gasteiger partial charge in [-0.3, -0.25) is 0 Å². The molecule has 0 aliphatic carbocycles. The number of fused-ring (bicyclic) bond motifs is 19. The summed E-state index contributed by atoms with van der Waals surface area (Å²) in [5.74, 6) is 0. The first kappa shape index (κ1) is 61.4. The molecule has 87 heavy (non-hydrogen) atoms. The molecule has 9 nitrogen and oxygen atoms in total. The minimum Gasteiger partial charge on any atom is -0.657 e. The second-order valence-corrected chi connectivity index (χ2v) is 23.7. The number of benzene rings is 2. The van der Waals surface area contributed by atoms with Crippen LogP contribution in [0, 0.1) is 27.7 Å². The van der Waals surface area contributed by atoms with Crippen LogP contribution in [-0.2, 0) is 66.5 Å². The van der Waals surface area contributed by atoms with Crippen molar-refractivity contribution < 1.29 is 45.3 Å². The maximum Gasteiger partial charge on any atom is 2.00 e. The van der Waals surface area contributed by atoms with Crippen LogP contribution in [-0.4, -0.2) is 19.9 Å². The molecule has 0 amide bonds. The summed E-state index contributed by atoms with van der Waals surface area (Å²) in [6.45, 7) is 35.6. The number of para-hydroxylation sites is 2. The molecule has 11 heterocycles. The van der Waals surface area contributed by atoms with Gasteiger partial charge in [0.15, 0.2) is 0 Å². The van der Waals surface area contributed by atoms with Crippen molar-refractivity contribution in [3.63, 3.8) is 0 Å². The number of hydrogen-bond donors (Lipinski definition) is 0. The van der Waals surface area contributed by atoms with Crippen molar-refractivity contribution in [3.8, 4) is 22.3 Å². The van der Waals surface area contributed by atoms with Gasteiger partial charge in [0.2, 0.25) is 0 Å². The standard InChI is InChI=1S/C76H76N8O.2Pd/c1-17-45-37(9)57-31-65-49(21-5)41(13)71(81-65)69(72-42(14)50(22-6)66(82-72)32-58-38(10)46(18-2)62(78-58)35-61(45)77-57)55-29-25-27-53-54-28-26-30-56(76(54)85-75(53)55)70-73-43(15)51(23-7)67(83-73)33-59-39(11)47(19-3)63(79-59)36-64-48(20-4)40(12)60(80-64)34-68-52(24-8)44(16)74(70)84-68;;/h25-36H,17-24H2,1-16H3;;/q-4;2*+2. The van der Waals surface area contributed by atoms with Crippen LogP contribution in [0.3, 0.4) is 0 Å². The molecule has 0 unspecified atom stereocenters. The molecule has 7 aromatic heterocycles. The quantitative estimate of drug-likeness (QED) is 0.123. The van der Waals surface area contributed by atoms with Crippen LogP contribution in [0.2, 0.25) is 0 Å². The van der Waals surface area contributed by atoms with Gasteiger partial charge in [-0.25, -0.2) is 19.9 Å². The van der Waals surface area contributed by atoms with E-state index in [0.717, 1.165) is 208 Å². The van der Waals surface area contributed by atoms with E-state index >= 15 is 0 Å². The van der Waals surface area contributed by atoms with Crippen LogP contribution >= 0.6 is 0 Å². The van der Waals surface area contributed by atoms with Crippen molar-refractivity contribution in [2.45, 2.75) is 162 Å². The molecule has 11 heteroatoms. The van der Waals surface area contributed by atoms with Gasteiger partial charge in [0, 0.05) is 21.9 Å². The fourth-order valence-corrected chi connectivity index (χ4v) is 14.7. The van der Waals surface area contributed by atoms with Gasteiger partial charge in [-0.05, 0) is 162 Å². The van der Waals surface area contributed by atoms with Crippen molar-refractivity contribution >= 4 is 111 Å². The second-order valence-electron chi connectivity index (χ2n) is 23.7. The topological polar surface area (TPSA) is 121 Å². The predicted molar refractivity (Wildman–Crippen MR) is 357 cm³/mol. The van der Waals surface area contributed by atoms with Gasteiger partial charge >= 0.3 is 40.8 Å². The summed E-state index contributed by atoms with van der Waals surface area (Å²) in [4.78, 5) is 44.5. The third kappa shape index (κ3) is 9.52. The van der Waals surface area contributed by atoms with Gasteiger partial charge in [-0.15, -0.1) is 44.1 Å². The largest absolute Gasteiger partial charge is 2.00 e. The minimum absolute atomic E-state index is 0. The van der Waals surface area contributed by atoms with Crippen molar-refractivity contribution in [2.75, 3.05) is 0 Å². The van der Waals surface area contributed by atoms with Gasteiger partial charge in [0.25, 0.3) is 0 Å². The summed E-state index contributed by atoms with van der Waals surface area (Å²) in [5, 5.41) is 2.02. The average molecular weight is 1330 g/mol. The van der Waals surface area contributed by atoms with Crippen LogP contribution in [0.4, 0.5) is 0 Å². The van der Waals surface area contributed by atoms with E-state index < -0.39 is 0 Å². The van der Waals surface area contributed by atoms with E-state index in [2.05, 4.69) is 184 Å². The predicted octanol–water partition coefficient (Wildman–Crippen LogP) is 19.5. The summed E-state index contributed by atoms with van der Waals surface area (Å²) < 4.78 is 7.69. The number of hydrogen-bond acceptors (Lipinski definition) is 5. The number of aryl methyl sites for hydroxylation is 8. The molecule has 4 aliphatic heterocycles. The number of nitrogens with zero attached hydrogens (tertiary/aromatic N) is 8. The van der Waals surface area contributed by atoms with Crippen LogP contribution in [0.25, 0.3) is 133 Å². The Balaban J connectivity index is 0.00000392. The van der Waals surface area contributed by atoms with Gasteiger partial charge < -0.3 is 24.4 Å². The van der Waals surface area contributed by atoms with Crippen molar-refractivity contribution in [1.82, 2.24) is 39.9 Å². The molecule has 0 atom stereocenters. The molecule has 0 fully saturated rings. The van der Waals surface area contributed by atoms with Gasteiger partial charge in [-0.1, -0.05) is 173 Å². The van der Waals surface area contributed by atoms with E-state index in [1.54, 1.807) is 0 Å². The molecule has 0 saturated carbocycles. The zero-order valence-corrected chi connectivity index (χ0v) is 56.3. The maximum atomic E-state index is 7.69. The van der Waals surface area contributed by atoms with Crippen molar-refractivity contribution in [3.05, 3.63) is 163 Å². The molecule has 446 valence electrons. The van der Waals surface area contributed by atoms with Crippen LogP contribution in [0.15, 0.2) is 77.2 Å². The van der Waals surface area contributed by atoms with E-state index in [1.165, 1.54) is 66.8 Å². The van der Waals surface area contributed by atoms with E-state index in [4.69, 9.17) is 44.3 Å². The zero-order valence-electron chi connectivity index (χ0n) is 53.2. The molecule has 13 rings (SSSR count). The van der Waals surface area contributed by atoms with Crippen LogP contribution < -0.4 is 19.9 Å². The summed E-state index contributed by atoms with van der Waals surface area (Å²) in [5.41, 5.74) is 39.3. The molecule has 0 N–H and O–H groups in total. The Labute approximate surface area is 539 Å². The number of furan rings is 1. The van der Waals surface area contributed by atoms with Crippen LogP contribution in [0.1, 0.15) is 199 Å². The Morgan fingerprint density at radius 2 is 0.644 bits per heavy atom. The number of allylic oxidation sites excluding steroid dienone is 8. The molecular weight excluding hydrogens is 1250 g/mol. The number of aromatic nitrogens is 8. The minimum atomic E-state index is 0. The molecule has 0 saturated heterocycles. The van der Waals surface area contributed by atoms with Gasteiger partial charge in [0.1, 0.15) is 11.2 Å². The third-order valence-electron chi connectivity index (χ3n) is 19.4. The first-order valence-corrected chi connectivity index (χ1v) is 31.2. The van der Waals surface area contributed by atoms with Crippen molar-refractivity contribution in [1.29, 1.82) is 0 Å². The maximum absolute atomic E-state index is 7.69. The Kier molecular flexibility index (Phi) is 16.7. The van der Waals surface area contributed by atoms with E-state index in [0.29, 0.717) is 0 Å². The van der Waals surface area contributed by atoms with Gasteiger partial charge in [-0.2, -0.15) is 0 Å². The zero-order chi connectivity index (χ0) is 59.6. The Morgan fingerprint density at radius 3 is 1.00 bits per heavy atom. The molecule has 16 bridgehead atoms. The fraction of sp³-hybridized carbons (Fsp3) is 0.316. The molecular formula is C76H76N8OPd2. The normalized spacial score (nSPS) is 13.5. The molecule has 0 radical (unpaired) electrons. The molecule has 4 aliphatic rings. The summed E-state index contributed by atoms with van der Waals surface area (Å²) in [6.07, 6.45) is 6.65. The molecule has 0 spiro atoms. The van der Waals surface area contributed by atoms with Crippen LogP contribution in [0.5, 0.6) is 0 Å². The Hall–Kier alpha value is -7.24. The first-order valence-electron chi connectivity index (χ1n) is 31.2. The third-order valence-corrected chi connectivity index (χ3v) is 19.4. The van der Waals surface area contributed by atoms with E-state index in [1.807, 2.05) is 0 Å². The smallest absolute Gasteiger partial charge is 0.657 e. The average Bonchev–Trinajstić information content (AvgIpc) is 1.86. The molecule has 2 aromatic carbocycles. The van der Waals surface area contributed by atoms with Gasteiger partial charge in [0.05, 0.1) is 45.6 Å². The van der Waals surface area contributed by atoms with Crippen molar-refractivity contribution in [2.24, 2.45) is 0 Å². The first-order chi connectivity index (χ1) is 41.1. The monoisotopic (exact) mass is 1330 g/mol. The summed E-state index contributed by atoms with van der Waals surface area (Å²) >= 11 is 0. The van der Waals surface area contributed by atoms with E-state index in [9.17, 15) is 0 Å². The Bertz CT molecular complexity index is 4600. The fourth-order valence-electron chi connectivity index (χ4n) is 14.7.